The molecule has 7 heteroatoms. The van der Waals surface area contributed by atoms with Crippen LogP contribution in [-0.4, -0.2) is 37.8 Å². The minimum Gasteiger partial charge on any atom is -0.480 e. The van der Waals surface area contributed by atoms with Gasteiger partial charge >= 0.3 is 5.97 Å². The monoisotopic (exact) mass is 276 g/mol. The Morgan fingerprint density at radius 1 is 1.50 bits per heavy atom. The molecule has 0 aromatic carbocycles. The fourth-order valence-corrected chi connectivity index (χ4v) is 1.89. The van der Waals surface area contributed by atoms with E-state index < -0.39 is 17.9 Å². The number of aryl methyl sites for hydroxylation is 2. The van der Waals surface area contributed by atoms with Crippen molar-refractivity contribution in [2.45, 2.75) is 33.4 Å². The first-order chi connectivity index (χ1) is 9.43. The van der Waals surface area contributed by atoms with Gasteiger partial charge in [-0.15, -0.1) is 0 Å². The zero-order chi connectivity index (χ0) is 14.9. The lowest BCUT2D eigenvalue weighted by Crippen LogP contribution is -2.38. The summed E-state index contributed by atoms with van der Waals surface area (Å²) in [6, 6.07) is 0.733. The molecule has 2 rings (SSSR count). The van der Waals surface area contributed by atoms with E-state index in [0.717, 1.165) is 5.39 Å². The number of hydrogen-bond acceptors (Lipinski definition) is 4. The molecule has 106 valence electrons. The van der Waals surface area contributed by atoms with E-state index in [4.69, 9.17) is 5.11 Å². The van der Waals surface area contributed by atoms with Crippen LogP contribution in [0.4, 0.5) is 0 Å². The molecule has 20 heavy (non-hydrogen) atoms. The molecule has 2 heterocycles. The standard InChI is InChI=1S/C13H16N4O3/c1-4-17-11-9(6-14-17)5-10(7(2)15-11)12(18)16-8(3)13(19)20/h5-6,8H,4H2,1-3H3,(H,16,18)(H,19,20)/t8-/m1/s1. The second-order valence-corrected chi connectivity index (χ2v) is 4.53. The molecule has 1 atom stereocenters. The maximum atomic E-state index is 12.1. The number of carboxylic acids is 1. The molecule has 0 aliphatic rings. The van der Waals surface area contributed by atoms with E-state index in [-0.39, 0.29) is 0 Å². The number of nitrogens with one attached hydrogen (secondary N) is 1. The van der Waals surface area contributed by atoms with Crippen LogP contribution in [0, 0.1) is 6.92 Å². The Morgan fingerprint density at radius 2 is 2.20 bits per heavy atom. The summed E-state index contributed by atoms with van der Waals surface area (Å²) in [6.45, 7) is 5.78. The van der Waals surface area contributed by atoms with Crippen molar-refractivity contribution in [1.82, 2.24) is 20.1 Å². The Labute approximate surface area is 115 Å². The fourth-order valence-electron chi connectivity index (χ4n) is 1.89. The second kappa shape index (κ2) is 5.28. The lowest BCUT2D eigenvalue weighted by Gasteiger charge is -2.11. The smallest absolute Gasteiger partial charge is 0.325 e. The van der Waals surface area contributed by atoms with Crippen LogP contribution in [0.15, 0.2) is 12.3 Å². The first-order valence-electron chi connectivity index (χ1n) is 6.30. The highest BCUT2D eigenvalue weighted by Crippen LogP contribution is 2.16. The van der Waals surface area contributed by atoms with Gasteiger partial charge in [0.25, 0.3) is 5.91 Å². The molecule has 0 aliphatic heterocycles. The summed E-state index contributed by atoms with van der Waals surface area (Å²) in [6.07, 6.45) is 1.64. The Kier molecular flexibility index (Phi) is 3.69. The maximum absolute atomic E-state index is 12.1. The molecular weight excluding hydrogens is 260 g/mol. The van der Waals surface area contributed by atoms with E-state index in [1.807, 2.05) is 6.92 Å². The number of fused-ring (bicyclic) bond motifs is 1. The van der Waals surface area contributed by atoms with Crippen molar-refractivity contribution in [1.29, 1.82) is 0 Å². The van der Waals surface area contributed by atoms with Crippen molar-refractivity contribution < 1.29 is 14.7 Å². The van der Waals surface area contributed by atoms with Crippen LogP contribution in [0.5, 0.6) is 0 Å². The van der Waals surface area contributed by atoms with Gasteiger partial charge in [-0.05, 0) is 26.8 Å². The average Bonchev–Trinajstić information content (AvgIpc) is 2.79. The third-order valence-corrected chi connectivity index (χ3v) is 3.06. The van der Waals surface area contributed by atoms with Crippen LogP contribution < -0.4 is 5.32 Å². The van der Waals surface area contributed by atoms with Gasteiger partial charge in [-0.3, -0.25) is 9.59 Å². The highest BCUT2D eigenvalue weighted by Gasteiger charge is 2.18. The largest absolute Gasteiger partial charge is 0.480 e. The van der Waals surface area contributed by atoms with Crippen molar-refractivity contribution >= 4 is 22.9 Å². The van der Waals surface area contributed by atoms with Gasteiger partial charge in [0.15, 0.2) is 5.65 Å². The average molecular weight is 276 g/mol. The van der Waals surface area contributed by atoms with Crippen molar-refractivity contribution in [2.24, 2.45) is 0 Å². The van der Waals surface area contributed by atoms with Crippen LogP contribution in [0.1, 0.15) is 29.9 Å². The summed E-state index contributed by atoms with van der Waals surface area (Å²) < 4.78 is 1.74. The molecule has 7 nitrogen and oxygen atoms in total. The number of pyridine rings is 1. The van der Waals surface area contributed by atoms with Gasteiger partial charge in [-0.2, -0.15) is 5.10 Å². The summed E-state index contributed by atoms with van der Waals surface area (Å²) >= 11 is 0. The molecule has 0 aliphatic carbocycles. The number of carbonyl (C=O) groups is 2. The van der Waals surface area contributed by atoms with E-state index in [9.17, 15) is 9.59 Å². The van der Waals surface area contributed by atoms with Gasteiger partial charge in [0.1, 0.15) is 6.04 Å². The molecule has 2 N–H and O–H groups in total. The number of hydrogen-bond donors (Lipinski definition) is 2. The first-order valence-corrected chi connectivity index (χ1v) is 6.30. The van der Waals surface area contributed by atoms with E-state index in [1.54, 1.807) is 23.9 Å². The molecule has 1 amide bonds. The summed E-state index contributed by atoms with van der Waals surface area (Å²) in [7, 11) is 0. The van der Waals surface area contributed by atoms with Crippen molar-refractivity contribution in [3.8, 4) is 0 Å². The van der Waals surface area contributed by atoms with Crippen molar-refractivity contribution in [2.75, 3.05) is 0 Å². The number of aliphatic carboxylic acids is 1. The second-order valence-electron chi connectivity index (χ2n) is 4.53. The Hall–Kier alpha value is -2.44. The molecule has 0 radical (unpaired) electrons. The number of aromatic nitrogens is 3. The zero-order valence-electron chi connectivity index (χ0n) is 11.5. The third kappa shape index (κ3) is 2.47. The lowest BCUT2D eigenvalue weighted by molar-refractivity contribution is -0.138. The predicted molar refractivity (Wildman–Crippen MR) is 72.5 cm³/mol. The number of nitrogens with zero attached hydrogens (tertiary/aromatic N) is 3. The summed E-state index contributed by atoms with van der Waals surface area (Å²) in [5, 5.41) is 16.2. The van der Waals surface area contributed by atoms with Gasteiger partial charge in [-0.25, -0.2) is 9.67 Å². The maximum Gasteiger partial charge on any atom is 0.325 e. The van der Waals surface area contributed by atoms with Gasteiger partial charge in [0, 0.05) is 11.9 Å². The molecule has 0 saturated heterocycles. The number of carbonyl (C=O) groups excluding carboxylic acids is 1. The van der Waals surface area contributed by atoms with Gasteiger partial charge in [0.05, 0.1) is 17.5 Å². The molecular formula is C13H16N4O3. The minimum atomic E-state index is -1.08. The van der Waals surface area contributed by atoms with E-state index in [1.165, 1.54) is 6.92 Å². The van der Waals surface area contributed by atoms with Crippen LogP contribution in [0.3, 0.4) is 0 Å². The van der Waals surface area contributed by atoms with Crippen LogP contribution >= 0.6 is 0 Å². The third-order valence-electron chi connectivity index (χ3n) is 3.06. The van der Waals surface area contributed by atoms with Gasteiger partial charge in [0.2, 0.25) is 0 Å². The quantitative estimate of drug-likeness (QED) is 0.867. The number of carboxylic acid groups (broad SMARTS) is 1. The van der Waals surface area contributed by atoms with E-state index in [0.29, 0.717) is 23.4 Å². The zero-order valence-corrected chi connectivity index (χ0v) is 11.5. The Bertz CT molecular complexity index is 678. The molecule has 0 saturated carbocycles. The Balaban J connectivity index is 2.37. The number of amides is 1. The predicted octanol–water partition coefficient (Wildman–Crippen LogP) is 0.963. The molecule has 2 aromatic heterocycles. The molecule has 0 spiro atoms. The van der Waals surface area contributed by atoms with Crippen LogP contribution in [0.25, 0.3) is 11.0 Å². The summed E-state index contributed by atoms with van der Waals surface area (Å²) in [4.78, 5) is 27.2. The van der Waals surface area contributed by atoms with Gasteiger partial charge < -0.3 is 10.4 Å². The fraction of sp³-hybridized carbons (Fsp3) is 0.385. The van der Waals surface area contributed by atoms with Crippen LogP contribution in [0.2, 0.25) is 0 Å². The van der Waals surface area contributed by atoms with E-state index in [2.05, 4.69) is 15.4 Å². The Morgan fingerprint density at radius 3 is 2.80 bits per heavy atom. The molecule has 0 unspecified atom stereocenters. The van der Waals surface area contributed by atoms with E-state index >= 15 is 0 Å². The molecule has 2 aromatic rings. The van der Waals surface area contributed by atoms with Crippen molar-refractivity contribution in [3.05, 3.63) is 23.5 Å². The summed E-state index contributed by atoms with van der Waals surface area (Å²) in [5.74, 6) is -1.53. The SMILES string of the molecule is CCn1ncc2cc(C(=O)N[C@H](C)C(=O)O)c(C)nc21. The topological polar surface area (TPSA) is 97.1 Å². The lowest BCUT2D eigenvalue weighted by atomic mass is 10.1. The normalized spacial score (nSPS) is 12.3. The van der Waals surface area contributed by atoms with Crippen LogP contribution in [-0.2, 0) is 11.3 Å². The minimum absolute atomic E-state index is 0.362. The van der Waals surface area contributed by atoms with Gasteiger partial charge in [-0.1, -0.05) is 0 Å². The van der Waals surface area contributed by atoms with Crippen molar-refractivity contribution in [3.63, 3.8) is 0 Å². The summed E-state index contributed by atoms with van der Waals surface area (Å²) in [5.41, 5.74) is 1.62. The number of rotatable bonds is 4. The molecule has 0 fully saturated rings. The first kappa shape index (κ1) is 14.0. The highest BCUT2D eigenvalue weighted by atomic mass is 16.4. The molecule has 0 bridgehead atoms. The highest BCUT2D eigenvalue weighted by molar-refractivity contribution is 5.99.